The van der Waals surface area contributed by atoms with Crippen LogP contribution >= 0.6 is 7.60 Å². The zero-order valence-corrected chi connectivity index (χ0v) is 24.9. The molecule has 0 bridgehead atoms. The standard InChI is InChI=1S/C29H38N5O4P/c1-28(2,3)37-39(36,38-29(4,5)6)26(17-22-12-10-9-11-13-22)21-33(7)27(35)24-16-23(18-30-19-24)14-15-25-20-31-34(8)32-25/h9-13,16,18-20,26H,17,21H2,1-8H3/t26-/m0/s1. The Kier molecular flexibility index (Phi) is 9.50. The fourth-order valence-corrected chi connectivity index (χ4v) is 6.62. The number of benzene rings is 1. The van der Waals surface area contributed by atoms with Gasteiger partial charge in [0.2, 0.25) is 0 Å². The largest absolute Gasteiger partial charge is 0.341 e. The number of amides is 1. The molecule has 1 atom stereocenters. The number of hydrogen-bond acceptors (Lipinski definition) is 7. The topological polar surface area (TPSA) is 99.4 Å². The van der Waals surface area contributed by atoms with E-state index in [1.165, 1.54) is 15.9 Å². The highest BCUT2D eigenvalue weighted by atomic mass is 31.2. The van der Waals surface area contributed by atoms with Gasteiger partial charge in [-0.25, -0.2) is 0 Å². The summed E-state index contributed by atoms with van der Waals surface area (Å²) in [5.41, 5.74) is 0.366. The van der Waals surface area contributed by atoms with E-state index in [2.05, 4.69) is 27.0 Å². The fraction of sp³-hybridized carbons (Fsp3) is 0.448. The van der Waals surface area contributed by atoms with E-state index in [0.29, 0.717) is 23.2 Å². The molecule has 0 aliphatic carbocycles. The summed E-state index contributed by atoms with van der Waals surface area (Å²) in [5, 5.41) is 8.14. The molecule has 0 radical (unpaired) electrons. The number of aryl methyl sites for hydroxylation is 1. The summed E-state index contributed by atoms with van der Waals surface area (Å²) in [6.07, 6.45) is 5.05. The lowest BCUT2D eigenvalue weighted by atomic mass is 10.1. The van der Waals surface area contributed by atoms with Gasteiger partial charge in [-0.15, -0.1) is 5.10 Å². The molecule has 9 nitrogen and oxygen atoms in total. The van der Waals surface area contributed by atoms with Gasteiger partial charge in [0.1, 0.15) is 0 Å². The molecule has 39 heavy (non-hydrogen) atoms. The molecule has 0 N–H and O–H groups in total. The molecule has 3 aromatic rings. The molecule has 2 aromatic heterocycles. The van der Waals surface area contributed by atoms with Crippen LogP contribution in [0.1, 0.15) is 68.7 Å². The molecule has 0 aliphatic rings. The maximum Gasteiger partial charge on any atom is 0.336 e. The van der Waals surface area contributed by atoms with Crippen LogP contribution in [-0.2, 0) is 27.1 Å². The quantitative estimate of drug-likeness (QED) is 0.283. The van der Waals surface area contributed by atoms with Crippen LogP contribution in [0.3, 0.4) is 0 Å². The third kappa shape index (κ3) is 9.43. The Morgan fingerprint density at radius 1 is 1.03 bits per heavy atom. The van der Waals surface area contributed by atoms with Gasteiger partial charge in [-0.3, -0.25) is 14.3 Å². The number of hydrogen-bond donors (Lipinski definition) is 0. The van der Waals surface area contributed by atoms with Gasteiger partial charge in [0.25, 0.3) is 5.91 Å². The van der Waals surface area contributed by atoms with Crippen molar-refractivity contribution in [2.24, 2.45) is 7.05 Å². The summed E-state index contributed by atoms with van der Waals surface area (Å²) >= 11 is 0. The van der Waals surface area contributed by atoms with Crippen LogP contribution in [0.4, 0.5) is 0 Å². The smallest absolute Gasteiger partial charge is 0.336 e. The molecule has 0 unspecified atom stereocenters. The van der Waals surface area contributed by atoms with Gasteiger partial charge in [0.05, 0.1) is 28.6 Å². The number of carbonyl (C=O) groups is 1. The average molecular weight is 552 g/mol. The molecule has 2 heterocycles. The molecule has 208 valence electrons. The molecule has 1 amide bonds. The first-order valence-corrected chi connectivity index (χ1v) is 14.4. The summed E-state index contributed by atoms with van der Waals surface area (Å²) in [6.45, 7) is 11.2. The first kappa shape index (κ1) is 30.2. The summed E-state index contributed by atoms with van der Waals surface area (Å²) in [5.74, 6) is 5.62. The van der Waals surface area contributed by atoms with Crippen LogP contribution in [0.2, 0.25) is 0 Å². The molecule has 1 aromatic carbocycles. The maximum atomic E-state index is 14.5. The Balaban J connectivity index is 1.90. The van der Waals surface area contributed by atoms with E-state index in [9.17, 15) is 9.36 Å². The molecule has 3 rings (SSSR count). The second kappa shape index (κ2) is 12.3. The number of nitrogens with zero attached hydrogens (tertiary/aromatic N) is 5. The van der Waals surface area contributed by atoms with Crippen molar-refractivity contribution >= 4 is 13.5 Å². The van der Waals surface area contributed by atoms with E-state index in [1.807, 2.05) is 71.9 Å². The van der Waals surface area contributed by atoms with E-state index >= 15 is 0 Å². The Bertz CT molecular complexity index is 1360. The highest BCUT2D eigenvalue weighted by molar-refractivity contribution is 7.54. The van der Waals surface area contributed by atoms with Crippen molar-refractivity contribution in [2.75, 3.05) is 13.6 Å². The lowest BCUT2D eigenvalue weighted by Gasteiger charge is -2.37. The summed E-state index contributed by atoms with van der Waals surface area (Å²) in [4.78, 5) is 20.7. The minimum absolute atomic E-state index is 0.146. The molecule has 0 fully saturated rings. The number of pyridine rings is 1. The summed E-state index contributed by atoms with van der Waals surface area (Å²) in [7, 11) is -0.332. The van der Waals surface area contributed by atoms with E-state index in [0.717, 1.165) is 5.56 Å². The highest BCUT2D eigenvalue weighted by Gasteiger charge is 2.43. The van der Waals surface area contributed by atoms with Crippen molar-refractivity contribution in [3.8, 4) is 11.8 Å². The van der Waals surface area contributed by atoms with Gasteiger partial charge >= 0.3 is 7.60 Å². The van der Waals surface area contributed by atoms with Gasteiger partial charge in [-0.05, 0) is 65.5 Å². The number of rotatable bonds is 8. The van der Waals surface area contributed by atoms with E-state index in [4.69, 9.17) is 9.05 Å². The van der Waals surface area contributed by atoms with E-state index in [1.54, 1.807) is 32.6 Å². The summed E-state index contributed by atoms with van der Waals surface area (Å²) in [6, 6.07) is 11.4. The first-order chi connectivity index (χ1) is 18.1. The van der Waals surface area contributed by atoms with Gasteiger partial charge in [0, 0.05) is 38.6 Å². The second-order valence-electron chi connectivity index (χ2n) is 11.4. The molecule has 0 aliphatic heterocycles. The van der Waals surface area contributed by atoms with E-state index < -0.39 is 24.5 Å². The van der Waals surface area contributed by atoms with E-state index in [-0.39, 0.29) is 12.5 Å². The summed E-state index contributed by atoms with van der Waals surface area (Å²) < 4.78 is 26.8. The zero-order chi connectivity index (χ0) is 28.8. The van der Waals surface area contributed by atoms with Crippen LogP contribution in [0.5, 0.6) is 0 Å². The molecule has 0 saturated heterocycles. The molecular weight excluding hydrogens is 513 g/mol. The van der Waals surface area contributed by atoms with Gasteiger partial charge in [0.15, 0.2) is 5.69 Å². The number of aromatic nitrogens is 4. The third-order valence-electron chi connectivity index (χ3n) is 5.31. The van der Waals surface area contributed by atoms with Gasteiger partial charge in [-0.2, -0.15) is 9.90 Å². The first-order valence-electron chi connectivity index (χ1n) is 12.8. The van der Waals surface area contributed by atoms with Crippen LogP contribution in [0, 0.1) is 11.8 Å². The fourth-order valence-electron chi connectivity index (χ4n) is 3.88. The zero-order valence-electron chi connectivity index (χ0n) is 24.0. The lowest BCUT2D eigenvalue weighted by molar-refractivity contribution is 0.0432. The maximum absolute atomic E-state index is 14.5. The Morgan fingerprint density at radius 2 is 1.67 bits per heavy atom. The minimum atomic E-state index is -3.72. The monoisotopic (exact) mass is 551 g/mol. The predicted octanol–water partition coefficient (Wildman–Crippen LogP) is 5.12. The lowest BCUT2D eigenvalue weighted by Crippen LogP contribution is -2.38. The molecule has 10 heteroatoms. The van der Waals surface area contributed by atoms with Crippen molar-refractivity contribution in [1.29, 1.82) is 0 Å². The van der Waals surface area contributed by atoms with Gasteiger partial charge < -0.3 is 13.9 Å². The molecule has 0 saturated carbocycles. The Morgan fingerprint density at radius 3 is 2.23 bits per heavy atom. The van der Waals surface area contributed by atoms with Crippen molar-refractivity contribution in [3.63, 3.8) is 0 Å². The van der Waals surface area contributed by atoms with Crippen LogP contribution < -0.4 is 0 Å². The number of carbonyl (C=O) groups excluding carboxylic acids is 1. The highest BCUT2D eigenvalue weighted by Crippen LogP contribution is 2.59. The normalized spacial score (nSPS) is 12.9. The third-order valence-corrected chi connectivity index (χ3v) is 8.16. The predicted molar refractivity (Wildman–Crippen MR) is 151 cm³/mol. The van der Waals surface area contributed by atoms with Crippen LogP contribution in [0.15, 0.2) is 55.0 Å². The van der Waals surface area contributed by atoms with Crippen molar-refractivity contribution in [2.45, 2.75) is 64.8 Å². The van der Waals surface area contributed by atoms with Gasteiger partial charge in [-0.1, -0.05) is 36.3 Å². The van der Waals surface area contributed by atoms with Crippen molar-refractivity contribution in [3.05, 3.63) is 77.4 Å². The molecule has 0 spiro atoms. The Hall–Kier alpha value is -3.31. The second-order valence-corrected chi connectivity index (χ2v) is 13.6. The SMILES string of the molecule is CN(C[C@H](Cc1ccccc1)P(=O)(OC(C)(C)C)OC(C)(C)C)C(=O)c1cncc(C#Cc2cnn(C)n2)c1. The van der Waals surface area contributed by atoms with Crippen molar-refractivity contribution < 1.29 is 18.4 Å². The van der Waals surface area contributed by atoms with Crippen LogP contribution in [-0.4, -0.2) is 61.2 Å². The Labute approximate surface area is 231 Å². The minimum Gasteiger partial charge on any atom is -0.341 e. The average Bonchev–Trinajstić information content (AvgIpc) is 3.25. The van der Waals surface area contributed by atoms with Crippen molar-refractivity contribution in [1.82, 2.24) is 24.9 Å². The molecular formula is C29H38N5O4P. The van der Waals surface area contributed by atoms with Crippen LogP contribution in [0.25, 0.3) is 0 Å².